The Morgan fingerprint density at radius 3 is 2.12 bits per heavy atom. The summed E-state index contributed by atoms with van der Waals surface area (Å²) in [6.45, 7) is 7.06. The van der Waals surface area contributed by atoms with Gasteiger partial charge in [-0.3, -0.25) is 10.1 Å². The predicted molar refractivity (Wildman–Crippen MR) is 89.5 cm³/mol. The number of ether oxygens (including phenoxy) is 2. The molecular weight excluding hydrogens is 310 g/mol. The fraction of sp³-hybridized carbons (Fsp3) is 0.278. The number of esters is 1. The van der Waals surface area contributed by atoms with Gasteiger partial charge in [-0.05, 0) is 64.1 Å². The lowest BCUT2D eigenvalue weighted by Crippen LogP contribution is -2.23. The van der Waals surface area contributed by atoms with Gasteiger partial charge in [-0.1, -0.05) is 0 Å². The zero-order valence-electron chi connectivity index (χ0n) is 14.0. The summed E-state index contributed by atoms with van der Waals surface area (Å²) in [5.74, 6) is 0.610. The SMILES string of the molecule is Cc1cc(Oc2ccc(C(=O)OC(C)(C)C)cc2)ccc1[N+](=O)[O-]. The van der Waals surface area contributed by atoms with Crippen LogP contribution in [0, 0.1) is 17.0 Å². The highest BCUT2D eigenvalue weighted by molar-refractivity contribution is 5.89. The van der Waals surface area contributed by atoms with Gasteiger partial charge in [-0.25, -0.2) is 4.79 Å². The van der Waals surface area contributed by atoms with Gasteiger partial charge in [0.05, 0.1) is 10.5 Å². The average Bonchev–Trinajstić information content (AvgIpc) is 2.45. The van der Waals surface area contributed by atoms with Gasteiger partial charge in [0.2, 0.25) is 0 Å². The summed E-state index contributed by atoms with van der Waals surface area (Å²) in [5.41, 5.74) is 0.436. The maximum Gasteiger partial charge on any atom is 0.338 e. The van der Waals surface area contributed by atoms with Crippen LogP contribution in [0.5, 0.6) is 11.5 Å². The third kappa shape index (κ3) is 4.55. The van der Waals surface area contributed by atoms with Crippen LogP contribution in [-0.2, 0) is 4.74 Å². The molecule has 0 radical (unpaired) electrons. The topological polar surface area (TPSA) is 78.7 Å². The van der Waals surface area contributed by atoms with Gasteiger partial charge in [-0.15, -0.1) is 0 Å². The van der Waals surface area contributed by atoms with E-state index in [4.69, 9.17) is 9.47 Å². The van der Waals surface area contributed by atoms with Crippen molar-refractivity contribution in [1.82, 2.24) is 0 Å². The zero-order valence-corrected chi connectivity index (χ0v) is 14.0. The Hall–Kier alpha value is -2.89. The van der Waals surface area contributed by atoms with Crippen LogP contribution >= 0.6 is 0 Å². The average molecular weight is 329 g/mol. The molecule has 0 saturated heterocycles. The minimum atomic E-state index is -0.553. The van der Waals surface area contributed by atoms with E-state index in [9.17, 15) is 14.9 Å². The van der Waals surface area contributed by atoms with E-state index in [0.717, 1.165) is 0 Å². The Morgan fingerprint density at radius 2 is 1.62 bits per heavy atom. The standard InChI is InChI=1S/C18H19NO5/c1-12-11-15(9-10-16(12)19(21)22)23-14-7-5-13(6-8-14)17(20)24-18(2,3)4/h5-11H,1-4H3. The molecule has 126 valence electrons. The second kappa shape index (κ2) is 6.70. The molecule has 6 nitrogen and oxygen atoms in total. The zero-order chi connectivity index (χ0) is 17.9. The van der Waals surface area contributed by atoms with Crippen LogP contribution in [0.2, 0.25) is 0 Å². The van der Waals surface area contributed by atoms with Crippen molar-refractivity contribution in [2.75, 3.05) is 0 Å². The molecule has 24 heavy (non-hydrogen) atoms. The van der Waals surface area contributed by atoms with E-state index in [-0.39, 0.29) is 5.69 Å². The molecule has 0 aliphatic carbocycles. The molecule has 0 aliphatic rings. The number of carbonyl (C=O) groups is 1. The molecule has 6 heteroatoms. The van der Waals surface area contributed by atoms with Crippen molar-refractivity contribution >= 4 is 11.7 Å². The first kappa shape index (κ1) is 17.5. The smallest absolute Gasteiger partial charge is 0.338 e. The number of benzene rings is 2. The summed E-state index contributed by atoms with van der Waals surface area (Å²) in [6, 6.07) is 11.1. The molecule has 2 aromatic rings. The molecule has 0 fully saturated rings. The van der Waals surface area contributed by atoms with Crippen LogP contribution in [0.25, 0.3) is 0 Å². The molecule has 2 rings (SSSR count). The number of carbonyl (C=O) groups excluding carboxylic acids is 1. The van der Waals surface area contributed by atoms with E-state index < -0.39 is 16.5 Å². The highest BCUT2D eigenvalue weighted by Crippen LogP contribution is 2.27. The summed E-state index contributed by atoms with van der Waals surface area (Å²) >= 11 is 0. The van der Waals surface area contributed by atoms with Crippen LogP contribution in [-0.4, -0.2) is 16.5 Å². The third-order valence-electron chi connectivity index (χ3n) is 3.09. The summed E-state index contributed by atoms with van der Waals surface area (Å²) in [7, 11) is 0. The predicted octanol–water partition coefficient (Wildman–Crippen LogP) is 4.65. The van der Waals surface area contributed by atoms with Crippen molar-refractivity contribution in [2.45, 2.75) is 33.3 Å². The molecule has 0 aromatic heterocycles. The lowest BCUT2D eigenvalue weighted by Gasteiger charge is -2.19. The molecular formula is C18H19NO5. The van der Waals surface area contributed by atoms with E-state index >= 15 is 0 Å². The monoisotopic (exact) mass is 329 g/mol. The molecule has 0 atom stereocenters. The molecule has 0 N–H and O–H groups in total. The van der Waals surface area contributed by atoms with Crippen molar-refractivity contribution < 1.29 is 19.2 Å². The van der Waals surface area contributed by atoms with Crippen molar-refractivity contribution in [3.63, 3.8) is 0 Å². The minimum absolute atomic E-state index is 0.0441. The molecule has 0 unspecified atom stereocenters. The molecule has 0 saturated carbocycles. The number of aryl methyl sites for hydroxylation is 1. The second-order valence-corrected chi connectivity index (χ2v) is 6.33. The molecule has 2 aromatic carbocycles. The number of nitro groups is 1. The Morgan fingerprint density at radius 1 is 1.04 bits per heavy atom. The van der Waals surface area contributed by atoms with Crippen LogP contribution in [0.4, 0.5) is 5.69 Å². The summed E-state index contributed by atoms with van der Waals surface area (Å²) in [5, 5.41) is 10.8. The van der Waals surface area contributed by atoms with Crippen molar-refractivity contribution in [3.05, 3.63) is 63.7 Å². The fourth-order valence-corrected chi connectivity index (χ4v) is 2.03. The molecule has 0 spiro atoms. The van der Waals surface area contributed by atoms with Gasteiger partial charge in [0, 0.05) is 11.6 Å². The van der Waals surface area contributed by atoms with E-state index in [1.54, 1.807) is 58.0 Å². The molecule has 0 bridgehead atoms. The number of nitrogens with zero attached hydrogens (tertiary/aromatic N) is 1. The van der Waals surface area contributed by atoms with Crippen LogP contribution in [0.1, 0.15) is 36.7 Å². The van der Waals surface area contributed by atoms with Gasteiger partial charge in [0.15, 0.2) is 0 Å². The van der Waals surface area contributed by atoms with Gasteiger partial charge in [0.1, 0.15) is 17.1 Å². The lowest BCUT2D eigenvalue weighted by molar-refractivity contribution is -0.385. The first-order chi connectivity index (χ1) is 11.2. The van der Waals surface area contributed by atoms with E-state index in [0.29, 0.717) is 22.6 Å². The molecule has 0 heterocycles. The van der Waals surface area contributed by atoms with E-state index in [1.165, 1.54) is 12.1 Å². The van der Waals surface area contributed by atoms with Crippen molar-refractivity contribution in [1.29, 1.82) is 0 Å². The van der Waals surface area contributed by atoms with Gasteiger partial charge >= 0.3 is 5.97 Å². The largest absolute Gasteiger partial charge is 0.457 e. The lowest BCUT2D eigenvalue weighted by atomic mass is 10.1. The Balaban J connectivity index is 2.10. The Kier molecular flexibility index (Phi) is 4.87. The maximum atomic E-state index is 11.9. The summed E-state index contributed by atoms with van der Waals surface area (Å²) in [4.78, 5) is 22.3. The third-order valence-corrected chi connectivity index (χ3v) is 3.09. The quantitative estimate of drug-likeness (QED) is 0.463. The normalized spacial score (nSPS) is 11.0. The molecule has 0 aliphatic heterocycles. The second-order valence-electron chi connectivity index (χ2n) is 6.33. The molecule has 0 amide bonds. The Labute approximate surface area is 140 Å². The number of rotatable bonds is 4. The summed E-state index contributed by atoms with van der Waals surface area (Å²) < 4.78 is 10.9. The van der Waals surface area contributed by atoms with Crippen molar-refractivity contribution in [3.8, 4) is 11.5 Å². The number of hydrogen-bond acceptors (Lipinski definition) is 5. The van der Waals surface area contributed by atoms with E-state index in [2.05, 4.69) is 0 Å². The first-order valence-electron chi connectivity index (χ1n) is 7.42. The van der Waals surface area contributed by atoms with Gasteiger partial charge in [0.25, 0.3) is 5.69 Å². The number of hydrogen-bond donors (Lipinski definition) is 0. The van der Waals surface area contributed by atoms with Crippen LogP contribution in [0.15, 0.2) is 42.5 Å². The van der Waals surface area contributed by atoms with Crippen LogP contribution < -0.4 is 4.74 Å². The minimum Gasteiger partial charge on any atom is -0.457 e. The van der Waals surface area contributed by atoms with Gasteiger partial charge < -0.3 is 9.47 Å². The first-order valence-corrected chi connectivity index (χ1v) is 7.42. The van der Waals surface area contributed by atoms with Crippen LogP contribution in [0.3, 0.4) is 0 Å². The van der Waals surface area contributed by atoms with Crippen molar-refractivity contribution in [2.24, 2.45) is 0 Å². The fourth-order valence-electron chi connectivity index (χ4n) is 2.03. The van der Waals surface area contributed by atoms with E-state index in [1.807, 2.05) is 0 Å². The highest BCUT2D eigenvalue weighted by Gasteiger charge is 2.18. The summed E-state index contributed by atoms with van der Waals surface area (Å²) in [6.07, 6.45) is 0. The highest BCUT2D eigenvalue weighted by atomic mass is 16.6. The number of nitro benzene ring substituents is 1. The van der Waals surface area contributed by atoms with Gasteiger partial charge in [-0.2, -0.15) is 0 Å². The maximum absolute atomic E-state index is 11.9. The Bertz CT molecular complexity index is 760.